The lowest BCUT2D eigenvalue weighted by atomic mass is 9.92. The maximum absolute atomic E-state index is 14.3. The highest BCUT2D eigenvalue weighted by molar-refractivity contribution is 6.36. The third-order valence-corrected chi connectivity index (χ3v) is 9.89. The van der Waals surface area contributed by atoms with Gasteiger partial charge in [-0.15, -0.1) is 0 Å². The Morgan fingerprint density at radius 1 is 0.722 bits per heavy atom. The number of hydrazine groups is 1. The number of hydrogen-bond acceptors (Lipinski definition) is 6. The molecule has 0 radical (unpaired) electrons. The standard InChI is InChI=1S/C36H26Cl5N7O6/c1-17-29(33(49)43-22-8-10-24(11-9-22)48(53)54)32(26-13-7-21(39)16-28(26)41)47(35(51)42-17)46-18(2)30(34(50)44-23-5-3-4-19(37)14-23)31(45-36(46)52)25-12-6-20(38)15-27(25)40/h3-16,31-32H,1-2H3,(H,42,51)(H,43,49)(H,44,50)(H,45,52). The van der Waals surface area contributed by atoms with Crippen LogP contribution in [0.4, 0.5) is 26.7 Å². The van der Waals surface area contributed by atoms with E-state index in [-0.39, 0.29) is 54.5 Å². The van der Waals surface area contributed by atoms with E-state index in [1.807, 2.05) is 0 Å². The third kappa shape index (κ3) is 7.68. The van der Waals surface area contributed by atoms with Crippen LogP contribution in [-0.2, 0) is 9.59 Å². The SMILES string of the molecule is CC1=C(C(=O)Nc2ccc([N+](=O)[O-])cc2)C(c2ccc(Cl)cc2Cl)N(N2C(=O)NC(c3ccc(Cl)cc3Cl)C(C(=O)Nc3cccc(Cl)c3)=C2C)C(=O)N1. The van der Waals surface area contributed by atoms with Gasteiger partial charge in [-0.25, -0.2) is 19.6 Å². The first-order chi connectivity index (χ1) is 25.6. The third-order valence-electron chi connectivity index (χ3n) is 8.53. The zero-order valence-electron chi connectivity index (χ0n) is 27.9. The molecule has 4 N–H and O–H groups in total. The van der Waals surface area contributed by atoms with E-state index in [9.17, 15) is 29.3 Å². The summed E-state index contributed by atoms with van der Waals surface area (Å²) < 4.78 is 0. The van der Waals surface area contributed by atoms with Crippen molar-refractivity contribution in [1.82, 2.24) is 20.7 Å². The van der Waals surface area contributed by atoms with Crippen LogP contribution in [-0.4, -0.2) is 38.8 Å². The first-order valence-electron chi connectivity index (χ1n) is 15.8. The molecule has 2 aliphatic rings. The number of hydrogen-bond donors (Lipinski definition) is 4. The summed E-state index contributed by atoms with van der Waals surface area (Å²) in [5.74, 6) is -1.43. The van der Waals surface area contributed by atoms with E-state index in [1.54, 1.807) is 30.3 Å². The molecule has 0 bridgehead atoms. The summed E-state index contributed by atoms with van der Waals surface area (Å²) in [4.78, 5) is 67.6. The fourth-order valence-corrected chi connectivity index (χ4v) is 7.35. The normalized spacial score (nSPS) is 17.2. The van der Waals surface area contributed by atoms with Crippen LogP contribution in [0.1, 0.15) is 37.1 Å². The van der Waals surface area contributed by atoms with E-state index >= 15 is 0 Å². The van der Waals surface area contributed by atoms with Crippen molar-refractivity contribution in [3.63, 3.8) is 0 Å². The molecule has 4 aromatic carbocycles. The predicted octanol–water partition coefficient (Wildman–Crippen LogP) is 9.43. The first kappa shape index (κ1) is 38.4. The highest BCUT2D eigenvalue weighted by atomic mass is 35.5. The molecule has 0 saturated carbocycles. The van der Waals surface area contributed by atoms with Gasteiger partial charge in [-0.2, -0.15) is 0 Å². The van der Waals surface area contributed by atoms with Crippen LogP contribution in [0.25, 0.3) is 0 Å². The number of anilines is 2. The molecule has 6 rings (SSSR count). The second-order valence-corrected chi connectivity index (χ2v) is 14.1. The van der Waals surface area contributed by atoms with Crippen molar-refractivity contribution in [3.8, 4) is 0 Å². The Morgan fingerprint density at radius 3 is 1.89 bits per heavy atom. The van der Waals surface area contributed by atoms with Gasteiger partial charge >= 0.3 is 12.1 Å². The summed E-state index contributed by atoms with van der Waals surface area (Å²) in [5.41, 5.74) is 0.844. The number of halogens is 5. The molecule has 2 atom stereocenters. The number of amides is 6. The summed E-state index contributed by atoms with van der Waals surface area (Å²) >= 11 is 31.9. The van der Waals surface area contributed by atoms with E-state index in [0.717, 1.165) is 10.0 Å². The lowest BCUT2D eigenvalue weighted by Crippen LogP contribution is -2.62. The van der Waals surface area contributed by atoms with Gasteiger partial charge in [0.1, 0.15) is 6.04 Å². The quantitative estimate of drug-likeness (QED) is 0.102. The topological polar surface area (TPSA) is 166 Å². The van der Waals surface area contributed by atoms with Gasteiger partial charge in [-0.05, 0) is 74.0 Å². The fraction of sp³-hybridized carbons (Fsp3) is 0.111. The number of nitro benzene ring substituents is 1. The van der Waals surface area contributed by atoms with Crippen LogP contribution in [0.15, 0.2) is 107 Å². The number of allylic oxidation sites excluding steroid dienone is 2. The Hall–Kier alpha value is -5.31. The van der Waals surface area contributed by atoms with Gasteiger partial charge < -0.3 is 21.3 Å². The minimum atomic E-state index is -1.41. The highest BCUT2D eigenvalue weighted by Gasteiger charge is 2.47. The Labute approximate surface area is 332 Å². The molecule has 13 nitrogen and oxygen atoms in total. The maximum Gasteiger partial charge on any atom is 0.341 e. The van der Waals surface area contributed by atoms with Crippen LogP contribution in [0.5, 0.6) is 0 Å². The number of non-ortho nitro benzene ring substituents is 1. The minimum Gasteiger partial charge on any atom is -0.325 e. The number of carbonyl (C=O) groups is 4. The van der Waals surface area contributed by atoms with Crippen LogP contribution >= 0.6 is 58.0 Å². The van der Waals surface area contributed by atoms with Gasteiger partial charge in [0.2, 0.25) is 0 Å². The minimum absolute atomic E-state index is 0.0192. The smallest absolute Gasteiger partial charge is 0.325 e. The Balaban J connectivity index is 1.51. The molecule has 2 heterocycles. The summed E-state index contributed by atoms with van der Waals surface area (Å²) in [6.07, 6.45) is 0. The predicted molar refractivity (Wildman–Crippen MR) is 206 cm³/mol. The monoisotopic (exact) mass is 827 g/mol. The zero-order chi connectivity index (χ0) is 39.0. The van der Waals surface area contributed by atoms with Crippen LogP contribution in [0.3, 0.4) is 0 Å². The molecule has 18 heteroatoms. The number of nitrogens with one attached hydrogen (secondary N) is 4. The molecule has 276 valence electrons. The molecular formula is C36H26Cl5N7O6. The summed E-state index contributed by atoms with van der Waals surface area (Å²) in [5, 5.41) is 25.1. The lowest BCUT2D eigenvalue weighted by molar-refractivity contribution is -0.384. The van der Waals surface area contributed by atoms with E-state index in [1.165, 1.54) is 68.4 Å². The van der Waals surface area contributed by atoms with Crippen LogP contribution < -0.4 is 21.3 Å². The largest absolute Gasteiger partial charge is 0.341 e. The summed E-state index contributed by atoms with van der Waals surface area (Å²) in [7, 11) is 0. The molecule has 6 amide bonds. The second-order valence-electron chi connectivity index (χ2n) is 12.0. The highest BCUT2D eigenvalue weighted by Crippen LogP contribution is 2.43. The lowest BCUT2D eigenvalue weighted by Gasteiger charge is -2.47. The fourth-order valence-electron chi connectivity index (χ4n) is 6.13. The molecule has 0 fully saturated rings. The van der Waals surface area contributed by atoms with Gasteiger partial charge in [-0.1, -0.05) is 76.2 Å². The number of rotatable bonds is 8. The van der Waals surface area contributed by atoms with E-state index in [0.29, 0.717) is 21.3 Å². The summed E-state index contributed by atoms with van der Waals surface area (Å²) in [6, 6.07) is 16.2. The molecule has 0 spiro atoms. The zero-order valence-corrected chi connectivity index (χ0v) is 31.7. The van der Waals surface area contributed by atoms with Gasteiger partial charge in [0.05, 0.1) is 27.8 Å². The van der Waals surface area contributed by atoms with Crippen LogP contribution in [0.2, 0.25) is 25.1 Å². The number of nitro groups is 1. The maximum atomic E-state index is 14.3. The molecule has 0 aromatic heterocycles. The average molecular weight is 830 g/mol. The van der Waals surface area contributed by atoms with E-state index in [4.69, 9.17) is 58.0 Å². The Kier molecular flexibility index (Phi) is 11.1. The van der Waals surface area contributed by atoms with Gasteiger partial charge in [0.25, 0.3) is 17.5 Å². The summed E-state index contributed by atoms with van der Waals surface area (Å²) in [6.45, 7) is 2.94. The van der Waals surface area contributed by atoms with Gasteiger partial charge in [0, 0.05) is 59.9 Å². The number of urea groups is 2. The van der Waals surface area contributed by atoms with Crippen LogP contribution in [0, 0.1) is 10.1 Å². The molecule has 2 aliphatic heterocycles. The van der Waals surface area contributed by atoms with Crippen molar-refractivity contribution in [3.05, 3.63) is 154 Å². The molecule has 0 aliphatic carbocycles. The molecule has 0 saturated heterocycles. The molecule has 4 aromatic rings. The molecule has 54 heavy (non-hydrogen) atoms. The Bertz CT molecular complexity index is 2320. The second kappa shape index (κ2) is 15.6. The van der Waals surface area contributed by atoms with Crippen molar-refractivity contribution in [2.45, 2.75) is 25.9 Å². The van der Waals surface area contributed by atoms with Crippen molar-refractivity contribution in [2.24, 2.45) is 0 Å². The van der Waals surface area contributed by atoms with E-state index in [2.05, 4.69) is 21.3 Å². The van der Waals surface area contributed by atoms with Gasteiger partial charge in [-0.3, -0.25) is 19.7 Å². The van der Waals surface area contributed by atoms with Crippen molar-refractivity contribution in [2.75, 3.05) is 10.6 Å². The van der Waals surface area contributed by atoms with E-state index < -0.39 is 40.9 Å². The number of benzene rings is 4. The Morgan fingerprint density at radius 2 is 1.30 bits per heavy atom. The first-order valence-corrected chi connectivity index (χ1v) is 17.7. The molecular weight excluding hydrogens is 804 g/mol. The average Bonchev–Trinajstić information content (AvgIpc) is 3.09. The number of carbonyl (C=O) groups excluding carboxylic acids is 4. The van der Waals surface area contributed by atoms with Crippen molar-refractivity contribution < 1.29 is 24.1 Å². The van der Waals surface area contributed by atoms with Crippen molar-refractivity contribution in [1.29, 1.82) is 0 Å². The van der Waals surface area contributed by atoms with Crippen molar-refractivity contribution >= 4 is 98.9 Å². The van der Waals surface area contributed by atoms with Gasteiger partial charge in [0.15, 0.2) is 0 Å². The number of nitrogens with zero attached hydrogens (tertiary/aromatic N) is 3. The molecule has 2 unspecified atom stereocenters.